The van der Waals surface area contributed by atoms with Gasteiger partial charge < -0.3 is 8.94 Å². The fourth-order valence-corrected chi connectivity index (χ4v) is 2.37. The van der Waals surface area contributed by atoms with Gasteiger partial charge in [0, 0.05) is 18.9 Å². The topological polar surface area (TPSA) is 98.2 Å². The molecule has 1 unspecified atom stereocenters. The van der Waals surface area contributed by atoms with Crippen LogP contribution in [0.15, 0.2) is 21.2 Å². The molecule has 0 spiro atoms. The molecule has 2 aromatic rings. The van der Waals surface area contributed by atoms with Crippen LogP contribution in [-0.2, 0) is 6.42 Å². The Balaban J connectivity index is 1.80. The van der Waals surface area contributed by atoms with Crippen molar-refractivity contribution >= 4 is 17.7 Å². The maximum atomic E-state index is 12.1. The van der Waals surface area contributed by atoms with Crippen LogP contribution in [0.1, 0.15) is 47.1 Å². The number of carbonyl (C=O) groups excluding carboxylic acids is 2. The van der Waals surface area contributed by atoms with E-state index < -0.39 is 5.91 Å². The molecule has 0 saturated heterocycles. The Bertz CT molecular complexity index is 672. The van der Waals surface area contributed by atoms with Gasteiger partial charge in [-0.2, -0.15) is 4.98 Å². The average molecular weight is 289 g/mol. The van der Waals surface area contributed by atoms with E-state index in [0.717, 1.165) is 0 Å². The van der Waals surface area contributed by atoms with Crippen LogP contribution in [-0.4, -0.2) is 21.8 Å². The average Bonchev–Trinajstić information content (AvgIpc) is 3.06. The Kier molecular flexibility index (Phi) is 3.32. The van der Waals surface area contributed by atoms with Crippen LogP contribution in [0.2, 0.25) is 0 Å². The summed E-state index contributed by atoms with van der Waals surface area (Å²) in [5.74, 6) is 0.670. The Hall–Kier alpha value is -2.44. The van der Waals surface area contributed by atoms with Gasteiger partial charge in [0.25, 0.3) is 5.91 Å². The van der Waals surface area contributed by atoms with Crippen LogP contribution < -0.4 is 5.32 Å². The van der Waals surface area contributed by atoms with E-state index in [4.69, 9.17) is 8.94 Å². The van der Waals surface area contributed by atoms with Gasteiger partial charge in [-0.3, -0.25) is 14.9 Å². The molecule has 0 radical (unpaired) electrons. The minimum Gasteiger partial charge on any atom is -0.428 e. The molecule has 1 N–H and O–H groups in total. The number of oxazole rings is 1. The Morgan fingerprint density at radius 2 is 2.24 bits per heavy atom. The molecule has 2 heterocycles. The third-order valence-electron chi connectivity index (χ3n) is 3.68. The Labute approximate surface area is 120 Å². The molecule has 3 rings (SSSR count). The molecule has 1 amide bonds. The fraction of sp³-hybridized carbons (Fsp3) is 0.429. The summed E-state index contributed by atoms with van der Waals surface area (Å²) < 4.78 is 10.2. The van der Waals surface area contributed by atoms with Crippen LogP contribution in [0.5, 0.6) is 0 Å². The second-order valence-electron chi connectivity index (χ2n) is 5.46. The smallest absolute Gasteiger partial charge is 0.302 e. The van der Waals surface area contributed by atoms with Crippen LogP contribution in [0, 0.1) is 11.8 Å². The van der Waals surface area contributed by atoms with Crippen molar-refractivity contribution in [1.29, 1.82) is 0 Å². The van der Waals surface area contributed by atoms with Crippen molar-refractivity contribution in [3.8, 4) is 0 Å². The van der Waals surface area contributed by atoms with Crippen molar-refractivity contribution in [3.05, 3.63) is 29.5 Å². The van der Waals surface area contributed by atoms with Crippen LogP contribution in [0.4, 0.5) is 6.01 Å². The van der Waals surface area contributed by atoms with Gasteiger partial charge in [-0.1, -0.05) is 19.0 Å². The van der Waals surface area contributed by atoms with E-state index in [1.807, 2.05) is 0 Å². The molecule has 1 aliphatic carbocycles. The monoisotopic (exact) mass is 289 g/mol. The van der Waals surface area contributed by atoms with E-state index in [1.165, 1.54) is 12.3 Å². The van der Waals surface area contributed by atoms with Crippen LogP contribution >= 0.6 is 0 Å². The number of nitrogens with one attached hydrogen (secondary N) is 1. The molecule has 0 fully saturated rings. The first-order valence-corrected chi connectivity index (χ1v) is 6.79. The van der Waals surface area contributed by atoms with E-state index in [0.29, 0.717) is 30.2 Å². The molecule has 0 aliphatic heterocycles. The molecule has 1 aliphatic rings. The maximum absolute atomic E-state index is 12.1. The van der Waals surface area contributed by atoms with Gasteiger partial charge >= 0.3 is 6.01 Å². The number of hydrogen-bond donors (Lipinski definition) is 1. The summed E-state index contributed by atoms with van der Waals surface area (Å²) in [6, 6.07) is 1.44. The molecule has 0 aromatic carbocycles. The summed E-state index contributed by atoms with van der Waals surface area (Å²) in [6.07, 6.45) is 2.49. The van der Waals surface area contributed by atoms with Gasteiger partial charge in [0.2, 0.25) is 5.76 Å². The molecule has 0 saturated carbocycles. The molecular formula is C14H15N3O4. The molecule has 110 valence electrons. The third kappa shape index (κ3) is 2.58. The number of rotatable bonds is 3. The number of fused-ring (bicyclic) bond motifs is 1. The van der Waals surface area contributed by atoms with Gasteiger partial charge in [-0.25, -0.2) is 0 Å². The number of carbonyl (C=O) groups is 2. The zero-order valence-electron chi connectivity index (χ0n) is 11.8. The molecular weight excluding hydrogens is 274 g/mol. The molecule has 0 bridgehead atoms. The number of Topliss-reactive ketones (excluding diaryl/α,β-unsaturated/α-hetero) is 1. The van der Waals surface area contributed by atoms with Crippen molar-refractivity contribution in [2.24, 2.45) is 11.8 Å². The lowest BCUT2D eigenvalue weighted by molar-refractivity contribution is 0.0922. The second kappa shape index (κ2) is 5.16. The van der Waals surface area contributed by atoms with Crippen molar-refractivity contribution < 1.29 is 18.5 Å². The fourth-order valence-electron chi connectivity index (χ4n) is 2.37. The summed E-state index contributed by atoms with van der Waals surface area (Å²) in [5.41, 5.74) is 0.319. The summed E-state index contributed by atoms with van der Waals surface area (Å²) in [6.45, 7) is 4.15. The van der Waals surface area contributed by atoms with E-state index >= 15 is 0 Å². The van der Waals surface area contributed by atoms with Gasteiger partial charge in [0.15, 0.2) is 5.78 Å². The molecule has 1 atom stereocenters. The Morgan fingerprint density at radius 3 is 2.90 bits per heavy atom. The zero-order valence-corrected chi connectivity index (χ0v) is 11.8. The second-order valence-corrected chi connectivity index (χ2v) is 5.46. The highest BCUT2D eigenvalue weighted by Crippen LogP contribution is 2.31. The lowest BCUT2D eigenvalue weighted by Crippen LogP contribution is -2.23. The van der Waals surface area contributed by atoms with Crippen LogP contribution in [0.25, 0.3) is 0 Å². The largest absolute Gasteiger partial charge is 0.428 e. The lowest BCUT2D eigenvalue weighted by Gasteiger charge is -2.22. The highest BCUT2D eigenvalue weighted by molar-refractivity contribution is 6.01. The number of nitrogens with zero attached hydrogens (tertiary/aromatic N) is 2. The molecule has 21 heavy (non-hydrogen) atoms. The summed E-state index contributed by atoms with van der Waals surface area (Å²) in [4.78, 5) is 27.9. The number of aromatic nitrogens is 2. The molecule has 2 aromatic heterocycles. The predicted molar refractivity (Wildman–Crippen MR) is 71.9 cm³/mol. The van der Waals surface area contributed by atoms with Crippen molar-refractivity contribution in [2.45, 2.75) is 26.7 Å². The first kappa shape index (κ1) is 13.5. The SMILES string of the molecule is CC(C)C1CC(=O)c2nc(NC(=O)c3ccno3)oc2C1. The number of ketones is 1. The Morgan fingerprint density at radius 1 is 1.43 bits per heavy atom. The first-order chi connectivity index (χ1) is 10.0. The van der Waals surface area contributed by atoms with E-state index in [2.05, 4.69) is 29.3 Å². The third-order valence-corrected chi connectivity index (χ3v) is 3.68. The minimum absolute atomic E-state index is 0.0131. The molecule has 7 heteroatoms. The number of amides is 1. The standard InChI is InChI=1S/C14H15N3O4/c1-7(2)8-5-9(18)12-11(6-8)20-14(16-12)17-13(19)10-3-4-15-21-10/h3-4,7-8H,5-6H2,1-2H3,(H,16,17,19). The van der Waals surface area contributed by atoms with E-state index in [1.54, 1.807) is 0 Å². The molecule has 7 nitrogen and oxygen atoms in total. The predicted octanol–water partition coefficient (Wildman–Crippen LogP) is 2.32. The van der Waals surface area contributed by atoms with Gasteiger partial charge in [0.05, 0.1) is 6.20 Å². The first-order valence-electron chi connectivity index (χ1n) is 6.79. The van der Waals surface area contributed by atoms with Gasteiger partial charge in [0.1, 0.15) is 11.5 Å². The highest BCUT2D eigenvalue weighted by atomic mass is 16.5. The number of hydrogen-bond acceptors (Lipinski definition) is 6. The normalized spacial score (nSPS) is 17.9. The maximum Gasteiger partial charge on any atom is 0.302 e. The minimum atomic E-state index is -0.515. The summed E-state index contributed by atoms with van der Waals surface area (Å²) in [5, 5.41) is 5.91. The highest BCUT2D eigenvalue weighted by Gasteiger charge is 2.32. The van der Waals surface area contributed by atoms with Gasteiger partial charge in [-0.15, -0.1) is 0 Å². The number of anilines is 1. The van der Waals surface area contributed by atoms with Crippen LogP contribution in [0.3, 0.4) is 0 Å². The quantitative estimate of drug-likeness (QED) is 0.931. The zero-order chi connectivity index (χ0) is 15.0. The van der Waals surface area contributed by atoms with E-state index in [-0.39, 0.29) is 23.5 Å². The van der Waals surface area contributed by atoms with Crippen molar-refractivity contribution in [3.63, 3.8) is 0 Å². The lowest BCUT2D eigenvalue weighted by atomic mass is 9.82. The van der Waals surface area contributed by atoms with E-state index in [9.17, 15) is 9.59 Å². The summed E-state index contributed by atoms with van der Waals surface area (Å²) >= 11 is 0. The van der Waals surface area contributed by atoms with Gasteiger partial charge in [-0.05, 0) is 11.8 Å². The van der Waals surface area contributed by atoms with Crippen molar-refractivity contribution in [2.75, 3.05) is 5.32 Å². The summed E-state index contributed by atoms with van der Waals surface area (Å²) in [7, 11) is 0. The van der Waals surface area contributed by atoms with Crippen molar-refractivity contribution in [1.82, 2.24) is 10.1 Å².